The van der Waals surface area contributed by atoms with Crippen molar-refractivity contribution >= 4 is 18.9 Å². The molecule has 7 nitrogen and oxygen atoms in total. The van der Waals surface area contributed by atoms with E-state index in [9.17, 15) is 9.59 Å². The van der Waals surface area contributed by atoms with Crippen LogP contribution in [-0.4, -0.2) is 41.0 Å². The zero-order valence-electron chi connectivity index (χ0n) is 10.8. The molecule has 0 aliphatic rings. The lowest BCUT2D eigenvalue weighted by molar-refractivity contribution is -0.123. The van der Waals surface area contributed by atoms with Gasteiger partial charge in [-0.3, -0.25) is 9.59 Å². The van der Waals surface area contributed by atoms with Gasteiger partial charge in [-0.2, -0.15) is 0 Å². The molecule has 104 valence electrons. The molecule has 0 aromatic carbocycles. The summed E-state index contributed by atoms with van der Waals surface area (Å²) in [6, 6.07) is -0.883. The predicted octanol–water partition coefficient (Wildman–Crippen LogP) is -1.88. The second-order valence-corrected chi connectivity index (χ2v) is 4.77. The van der Waals surface area contributed by atoms with E-state index in [1.54, 1.807) is 0 Å². The van der Waals surface area contributed by atoms with Crippen LogP contribution < -0.4 is 16.8 Å². The van der Waals surface area contributed by atoms with Gasteiger partial charge in [0.25, 0.3) is 0 Å². The molecule has 0 unspecified atom stereocenters. The smallest absolute Gasteiger partial charge is 0.426 e. The van der Waals surface area contributed by atoms with Gasteiger partial charge in [0.15, 0.2) is 0 Å². The Morgan fingerprint density at radius 1 is 1.33 bits per heavy atom. The Bertz CT molecular complexity index is 286. The number of nitrogens with one attached hydrogen (secondary N) is 1. The lowest BCUT2D eigenvalue weighted by atomic mass is 9.75. The summed E-state index contributed by atoms with van der Waals surface area (Å²) in [4.78, 5) is 22.2. The quantitative estimate of drug-likeness (QED) is 0.325. The summed E-state index contributed by atoms with van der Waals surface area (Å²) in [6.45, 7) is 3.79. The van der Waals surface area contributed by atoms with Crippen LogP contribution in [0.5, 0.6) is 0 Å². The number of primary amides is 1. The number of hydrogen-bond acceptors (Lipinski definition) is 5. The molecule has 0 radical (unpaired) electrons. The van der Waals surface area contributed by atoms with Crippen LogP contribution in [0.3, 0.4) is 0 Å². The lowest BCUT2D eigenvalue weighted by Crippen LogP contribution is -2.52. The number of carbonyl (C=O) groups is 2. The van der Waals surface area contributed by atoms with Crippen molar-refractivity contribution in [1.82, 2.24) is 5.32 Å². The topological polar surface area (TPSA) is 139 Å². The fraction of sp³-hybridized carbons (Fsp3) is 0.800. The van der Waals surface area contributed by atoms with Crippen molar-refractivity contribution in [3.8, 4) is 0 Å². The summed E-state index contributed by atoms with van der Waals surface area (Å²) in [5.74, 6) is -1.62. The van der Waals surface area contributed by atoms with Crippen LogP contribution in [-0.2, 0) is 9.59 Å². The first-order valence-electron chi connectivity index (χ1n) is 5.94. The predicted molar refractivity (Wildman–Crippen MR) is 68.0 cm³/mol. The maximum atomic E-state index is 11.6. The highest BCUT2D eigenvalue weighted by atomic mass is 16.4. The van der Waals surface area contributed by atoms with E-state index in [2.05, 4.69) is 5.32 Å². The molecule has 2 atom stereocenters. The van der Waals surface area contributed by atoms with Gasteiger partial charge in [0.1, 0.15) is 0 Å². The van der Waals surface area contributed by atoms with Crippen LogP contribution >= 0.6 is 0 Å². The van der Waals surface area contributed by atoms with Gasteiger partial charge in [-0.15, -0.1) is 0 Å². The molecular weight excluding hydrogens is 237 g/mol. The van der Waals surface area contributed by atoms with Crippen LogP contribution in [0.4, 0.5) is 0 Å². The minimum atomic E-state index is -1.64. The highest BCUT2D eigenvalue weighted by molar-refractivity contribution is 6.43. The molecule has 0 aliphatic carbocycles. The van der Waals surface area contributed by atoms with Crippen molar-refractivity contribution in [3.63, 3.8) is 0 Å². The van der Waals surface area contributed by atoms with E-state index in [4.69, 9.17) is 21.5 Å². The molecule has 0 rings (SSSR count). The number of amides is 2. The summed E-state index contributed by atoms with van der Waals surface area (Å²) in [7, 11) is -1.64. The van der Waals surface area contributed by atoms with E-state index in [-0.39, 0.29) is 18.8 Å². The maximum absolute atomic E-state index is 11.6. The van der Waals surface area contributed by atoms with Crippen molar-refractivity contribution in [2.75, 3.05) is 0 Å². The molecule has 8 heteroatoms. The van der Waals surface area contributed by atoms with Crippen molar-refractivity contribution in [2.45, 2.75) is 45.1 Å². The maximum Gasteiger partial charge on any atom is 0.475 e. The molecule has 2 amide bonds. The van der Waals surface area contributed by atoms with Crippen molar-refractivity contribution in [1.29, 1.82) is 0 Å². The first-order chi connectivity index (χ1) is 8.23. The van der Waals surface area contributed by atoms with Crippen LogP contribution in [0.15, 0.2) is 0 Å². The Kier molecular flexibility index (Phi) is 7.57. The van der Waals surface area contributed by atoms with Crippen molar-refractivity contribution < 1.29 is 19.6 Å². The Labute approximate surface area is 107 Å². The van der Waals surface area contributed by atoms with E-state index in [0.717, 1.165) is 0 Å². The summed E-state index contributed by atoms with van der Waals surface area (Å²) in [5, 5.41) is 20.7. The summed E-state index contributed by atoms with van der Waals surface area (Å²) < 4.78 is 0. The minimum Gasteiger partial charge on any atom is -0.426 e. The lowest BCUT2D eigenvalue weighted by Gasteiger charge is -2.21. The average molecular weight is 259 g/mol. The Morgan fingerprint density at radius 2 is 1.89 bits per heavy atom. The number of hydrogen-bond donors (Lipinski definition) is 5. The van der Waals surface area contributed by atoms with Gasteiger partial charge in [-0.25, -0.2) is 0 Å². The first-order valence-corrected chi connectivity index (χ1v) is 5.94. The largest absolute Gasteiger partial charge is 0.475 e. The van der Waals surface area contributed by atoms with Gasteiger partial charge in [0.05, 0.1) is 12.0 Å². The Balaban J connectivity index is 4.27. The van der Waals surface area contributed by atoms with Gasteiger partial charge in [-0.05, 0) is 18.8 Å². The van der Waals surface area contributed by atoms with Gasteiger partial charge < -0.3 is 26.8 Å². The fourth-order valence-electron chi connectivity index (χ4n) is 1.48. The van der Waals surface area contributed by atoms with Gasteiger partial charge in [0, 0.05) is 6.42 Å². The molecule has 0 bridgehead atoms. The van der Waals surface area contributed by atoms with Gasteiger partial charge >= 0.3 is 7.12 Å². The summed E-state index contributed by atoms with van der Waals surface area (Å²) in [6.07, 6.45) is 0.578. The average Bonchev–Trinajstić information content (AvgIpc) is 2.23. The van der Waals surface area contributed by atoms with E-state index >= 15 is 0 Å². The number of rotatable bonds is 8. The van der Waals surface area contributed by atoms with Crippen LogP contribution in [0.25, 0.3) is 0 Å². The standard InChI is InChI=1S/C10H22BN3O4/c1-6(2)5-8(11(17)18)14-10(16)7(12)3-4-9(13)15/h6-8,17-18H,3-5,12H2,1-2H3,(H2,13,15)(H,14,16)/t7-,8-/m0/s1. The van der Waals surface area contributed by atoms with E-state index in [1.807, 2.05) is 13.8 Å². The molecule has 7 N–H and O–H groups in total. The van der Waals surface area contributed by atoms with E-state index in [0.29, 0.717) is 6.42 Å². The molecule has 0 heterocycles. The third-order valence-electron chi connectivity index (χ3n) is 2.45. The number of carbonyl (C=O) groups excluding carboxylic acids is 2. The highest BCUT2D eigenvalue weighted by Gasteiger charge is 2.27. The van der Waals surface area contributed by atoms with Crippen molar-refractivity contribution in [3.05, 3.63) is 0 Å². The molecule has 0 aromatic heterocycles. The van der Waals surface area contributed by atoms with E-state index in [1.165, 1.54) is 0 Å². The van der Waals surface area contributed by atoms with Crippen molar-refractivity contribution in [2.24, 2.45) is 17.4 Å². The second-order valence-electron chi connectivity index (χ2n) is 4.77. The fourth-order valence-corrected chi connectivity index (χ4v) is 1.48. The molecule has 0 aliphatic heterocycles. The first kappa shape index (κ1) is 16.9. The Morgan fingerprint density at radius 3 is 2.28 bits per heavy atom. The summed E-state index contributed by atoms with van der Waals surface area (Å²) in [5.41, 5.74) is 10.5. The molecule has 0 spiro atoms. The zero-order valence-corrected chi connectivity index (χ0v) is 10.8. The van der Waals surface area contributed by atoms with Gasteiger partial charge in [-0.1, -0.05) is 13.8 Å². The van der Waals surface area contributed by atoms with Crippen LogP contribution in [0.1, 0.15) is 33.1 Å². The van der Waals surface area contributed by atoms with Crippen LogP contribution in [0.2, 0.25) is 0 Å². The minimum absolute atomic E-state index is 0.0190. The van der Waals surface area contributed by atoms with Gasteiger partial charge in [0.2, 0.25) is 11.8 Å². The second kappa shape index (κ2) is 8.07. The number of nitrogens with two attached hydrogens (primary N) is 2. The zero-order chi connectivity index (χ0) is 14.3. The molecule has 0 aromatic rings. The molecule has 0 fully saturated rings. The SMILES string of the molecule is CC(C)C[C@H](NC(=O)[C@@H](N)CCC(N)=O)B(O)O. The Hall–Kier alpha value is -1.12. The molecular formula is C10H22BN3O4. The monoisotopic (exact) mass is 259 g/mol. The van der Waals surface area contributed by atoms with Crippen LogP contribution in [0, 0.1) is 5.92 Å². The highest BCUT2D eigenvalue weighted by Crippen LogP contribution is 2.06. The van der Waals surface area contributed by atoms with E-state index < -0.39 is 30.9 Å². The third-order valence-corrected chi connectivity index (χ3v) is 2.45. The summed E-state index contributed by atoms with van der Waals surface area (Å²) >= 11 is 0. The normalized spacial score (nSPS) is 14.1. The molecule has 18 heavy (non-hydrogen) atoms. The molecule has 0 saturated heterocycles. The molecule has 0 saturated carbocycles. The third kappa shape index (κ3) is 7.26.